The van der Waals surface area contributed by atoms with Crippen molar-refractivity contribution in [3.63, 3.8) is 0 Å². The number of carbonyl (C=O) groups excluding carboxylic acids is 1. The fraction of sp³-hybridized carbons (Fsp3) is 0.933. The molecular weight excluding hydrogens is 266 g/mol. The van der Waals surface area contributed by atoms with Gasteiger partial charge in [-0.25, -0.2) is 0 Å². The predicted octanol–water partition coefficient (Wildman–Crippen LogP) is -0.766. The first-order chi connectivity index (χ1) is 10.2. The summed E-state index contributed by atoms with van der Waals surface area (Å²) in [5, 5.41) is 2.25. The van der Waals surface area contributed by atoms with E-state index in [1.165, 1.54) is 72.0 Å². The largest absolute Gasteiger partial charge is 0.362 e. The molecule has 2 fully saturated rings. The summed E-state index contributed by atoms with van der Waals surface area (Å²) in [7, 11) is 3.79. The SMILES string of the molecule is CCN1CCN(CCN2CCN(C)CC2)CC1.CNC=O. The van der Waals surface area contributed by atoms with Gasteiger partial charge in [0.05, 0.1) is 0 Å². The zero-order chi connectivity index (χ0) is 15.5. The zero-order valence-electron chi connectivity index (χ0n) is 14.1. The maximum atomic E-state index is 9.06. The van der Waals surface area contributed by atoms with E-state index in [9.17, 15) is 0 Å². The maximum Gasteiger partial charge on any atom is 0.206 e. The molecule has 0 aromatic heterocycles. The minimum Gasteiger partial charge on any atom is -0.362 e. The van der Waals surface area contributed by atoms with E-state index in [1.807, 2.05) is 0 Å². The average Bonchev–Trinajstić information content (AvgIpc) is 2.55. The van der Waals surface area contributed by atoms with Crippen molar-refractivity contribution in [1.82, 2.24) is 24.9 Å². The lowest BCUT2D eigenvalue weighted by atomic mass is 10.3. The number of nitrogens with zero attached hydrogens (tertiary/aromatic N) is 4. The Morgan fingerprint density at radius 2 is 1.24 bits per heavy atom. The van der Waals surface area contributed by atoms with Crippen LogP contribution in [0.3, 0.4) is 0 Å². The van der Waals surface area contributed by atoms with E-state index in [1.54, 1.807) is 7.05 Å². The third kappa shape index (κ3) is 7.76. The van der Waals surface area contributed by atoms with E-state index >= 15 is 0 Å². The molecule has 0 aromatic rings. The second kappa shape index (κ2) is 11.0. The Balaban J connectivity index is 0.000000491. The van der Waals surface area contributed by atoms with Gasteiger partial charge in [-0.3, -0.25) is 14.6 Å². The molecule has 6 nitrogen and oxygen atoms in total. The summed E-state index contributed by atoms with van der Waals surface area (Å²) in [6, 6.07) is 0. The van der Waals surface area contributed by atoms with Gasteiger partial charge in [-0.05, 0) is 13.6 Å². The van der Waals surface area contributed by atoms with Crippen LogP contribution in [0, 0.1) is 0 Å². The zero-order valence-corrected chi connectivity index (χ0v) is 14.1. The fourth-order valence-corrected chi connectivity index (χ4v) is 2.68. The van der Waals surface area contributed by atoms with Crippen LogP contribution in [0.4, 0.5) is 0 Å². The molecule has 1 amide bonds. The molecule has 0 aromatic carbocycles. The van der Waals surface area contributed by atoms with Gasteiger partial charge < -0.3 is 15.1 Å². The average molecular weight is 299 g/mol. The third-order valence-electron chi connectivity index (χ3n) is 4.36. The highest BCUT2D eigenvalue weighted by atomic mass is 16.1. The highest BCUT2D eigenvalue weighted by Crippen LogP contribution is 2.03. The minimum atomic E-state index is 0.625. The summed E-state index contributed by atoms with van der Waals surface area (Å²) in [5.74, 6) is 0. The van der Waals surface area contributed by atoms with Crippen molar-refractivity contribution >= 4 is 6.41 Å². The van der Waals surface area contributed by atoms with E-state index in [-0.39, 0.29) is 0 Å². The first-order valence-electron chi connectivity index (χ1n) is 8.16. The van der Waals surface area contributed by atoms with Gasteiger partial charge >= 0.3 is 0 Å². The van der Waals surface area contributed by atoms with Crippen molar-refractivity contribution in [2.45, 2.75) is 6.92 Å². The van der Waals surface area contributed by atoms with Crippen LogP contribution in [0.5, 0.6) is 0 Å². The molecule has 0 saturated carbocycles. The lowest BCUT2D eigenvalue weighted by Gasteiger charge is -2.37. The summed E-state index contributed by atoms with van der Waals surface area (Å²) in [6.45, 7) is 16.1. The summed E-state index contributed by atoms with van der Waals surface area (Å²) >= 11 is 0. The Kier molecular flexibility index (Phi) is 9.58. The number of carbonyl (C=O) groups is 1. The van der Waals surface area contributed by atoms with Crippen LogP contribution in [-0.2, 0) is 4.79 Å². The maximum absolute atomic E-state index is 9.06. The summed E-state index contributed by atoms with van der Waals surface area (Å²) in [6.07, 6.45) is 0.625. The molecular formula is C15H33N5O. The Bertz CT molecular complexity index is 261. The quantitative estimate of drug-likeness (QED) is 0.676. The van der Waals surface area contributed by atoms with Crippen molar-refractivity contribution in [2.75, 3.05) is 86.1 Å². The first-order valence-corrected chi connectivity index (χ1v) is 8.16. The number of hydrogen-bond donors (Lipinski definition) is 1. The standard InChI is InChI=1S/C13H28N4.C2H5NO/c1-3-15-8-10-17(11-9-15)13-12-16-6-4-14(2)5-7-16;1-3-2-4/h3-13H2,1-2H3;2H,1H3,(H,3,4). The smallest absolute Gasteiger partial charge is 0.206 e. The van der Waals surface area contributed by atoms with Crippen LogP contribution >= 0.6 is 0 Å². The highest BCUT2D eigenvalue weighted by molar-refractivity contribution is 5.44. The number of amides is 1. The van der Waals surface area contributed by atoms with Gasteiger partial charge in [-0.15, -0.1) is 0 Å². The number of piperazine rings is 2. The Hall–Kier alpha value is -0.690. The van der Waals surface area contributed by atoms with Gasteiger partial charge in [0.25, 0.3) is 0 Å². The number of hydrogen-bond acceptors (Lipinski definition) is 5. The Morgan fingerprint density at radius 3 is 1.62 bits per heavy atom. The molecule has 2 aliphatic rings. The van der Waals surface area contributed by atoms with E-state index in [4.69, 9.17) is 4.79 Å². The van der Waals surface area contributed by atoms with Gasteiger partial charge in [-0.1, -0.05) is 6.92 Å². The number of nitrogens with one attached hydrogen (secondary N) is 1. The summed E-state index contributed by atoms with van der Waals surface area (Å²) < 4.78 is 0. The van der Waals surface area contributed by atoms with E-state index in [0.717, 1.165) is 0 Å². The molecule has 1 N–H and O–H groups in total. The van der Waals surface area contributed by atoms with Gasteiger partial charge in [0.1, 0.15) is 0 Å². The van der Waals surface area contributed by atoms with Gasteiger partial charge in [0, 0.05) is 72.5 Å². The second-order valence-electron chi connectivity index (χ2n) is 5.83. The van der Waals surface area contributed by atoms with Crippen LogP contribution in [-0.4, -0.2) is 112 Å². The number of rotatable bonds is 5. The summed E-state index contributed by atoms with van der Waals surface area (Å²) in [5.41, 5.74) is 0. The van der Waals surface area contributed by atoms with Crippen molar-refractivity contribution < 1.29 is 4.79 Å². The molecule has 124 valence electrons. The van der Waals surface area contributed by atoms with Crippen molar-refractivity contribution in [3.8, 4) is 0 Å². The highest BCUT2D eigenvalue weighted by Gasteiger charge is 2.17. The molecule has 2 saturated heterocycles. The van der Waals surface area contributed by atoms with Crippen LogP contribution in [0.15, 0.2) is 0 Å². The Labute approximate surface area is 130 Å². The fourth-order valence-electron chi connectivity index (χ4n) is 2.68. The molecule has 6 heteroatoms. The molecule has 21 heavy (non-hydrogen) atoms. The topological polar surface area (TPSA) is 42.1 Å². The van der Waals surface area contributed by atoms with Crippen molar-refractivity contribution in [3.05, 3.63) is 0 Å². The molecule has 2 heterocycles. The second-order valence-corrected chi connectivity index (χ2v) is 5.83. The first kappa shape index (κ1) is 18.4. The van der Waals surface area contributed by atoms with Gasteiger partial charge in [0.15, 0.2) is 0 Å². The van der Waals surface area contributed by atoms with Crippen molar-refractivity contribution in [1.29, 1.82) is 0 Å². The number of likely N-dealkylation sites (N-methyl/N-ethyl adjacent to an activating group) is 2. The van der Waals surface area contributed by atoms with Crippen LogP contribution in [0.25, 0.3) is 0 Å². The molecule has 0 unspecified atom stereocenters. The van der Waals surface area contributed by atoms with Crippen molar-refractivity contribution in [2.24, 2.45) is 0 Å². The molecule has 0 bridgehead atoms. The van der Waals surface area contributed by atoms with Crippen LogP contribution in [0.1, 0.15) is 6.92 Å². The summed E-state index contributed by atoms with van der Waals surface area (Å²) in [4.78, 5) is 19.3. The van der Waals surface area contributed by atoms with Crippen LogP contribution in [0.2, 0.25) is 0 Å². The van der Waals surface area contributed by atoms with E-state index in [0.29, 0.717) is 6.41 Å². The monoisotopic (exact) mass is 299 g/mol. The molecule has 0 atom stereocenters. The molecule has 0 spiro atoms. The lowest BCUT2D eigenvalue weighted by molar-refractivity contribution is -0.109. The third-order valence-corrected chi connectivity index (χ3v) is 4.36. The molecule has 0 aliphatic carbocycles. The predicted molar refractivity (Wildman–Crippen MR) is 87.6 cm³/mol. The molecule has 2 aliphatic heterocycles. The minimum absolute atomic E-state index is 0.625. The van der Waals surface area contributed by atoms with Gasteiger partial charge in [0.2, 0.25) is 6.41 Å². The molecule has 2 rings (SSSR count). The Morgan fingerprint density at radius 1 is 0.857 bits per heavy atom. The normalized spacial score (nSPS) is 22.4. The lowest BCUT2D eigenvalue weighted by Crippen LogP contribution is -2.50. The molecule has 0 radical (unpaired) electrons. The van der Waals surface area contributed by atoms with Gasteiger partial charge in [-0.2, -0.15) is 0 Å². The van der Waals surface area contributed by atoms with E-state index < -0.39 is 0 Å². The van der Waals surface area contributed by atoms with Crippen LogP contribution < -0.4 is 5.32 Å². The van der Waals surface area contributed by atoms with E-state index in [2.05, 4.69) is 38.9 Å².